The SMILES string of the molecule is CCCCC[C@@H](O)CCC1[C@H]2Cc3cccc4c3C[C@H]2C[C@H]1OC(=O)CO4. The van der Waals surface area contributed by atoms with E-state index in [1.807, 2.05) is 12.1 Å². The Kier molecular flexibility index (Phi) is 5.72. The Hall–Kier alpha value is -1.55. The van der Waals surface area contributed by atoms with Crippen LogP contribution in [0.2, 0.25) is 0 Å². The van der Waals surface area contributed by atoms with Crippen molar-refractivity contribution in [1.82, 2.24) is 0 Å². The maximum absolute atomic E-state index is 12.3. The molecule has 0 saturated heterocycles. The molecule has 1 N–H and O–H groups in total. The zero-order valence-corrected chi connectivity index (χ0v) is 16.4. The highest BCUT2D eigenvalue weighted by Crippen LogP contribution is 2.49. The fraction of sp³-hybridized carbons (Fsp3) is 0.696. The standard InChI is InChI=1S/C23H32O4/c1-2-3-4-7-17(24)9-10-18-19-11-15-6-5-8-21-20(15)12-16(19)13-22(18)27-23(25)14-26-21/h5-6,8,16-19,22,24H,2-4,7,9-14H2,1H3/t16-,17+,18?,19-,22+/m0/s1. The highest BCUT2D eigenvalue weighted by Gasteiger charge is 2.47. The lowest BCUT2D eigenvalue weighted by atomic mass is 9.73. The van der Waals surface area contributed by atoms with Crippen molar-refractivity contribution in [3.8, 4) is 5.75 Å². The van der Waals surface area contributed by atoms with Gasteiger partial charge >= 0.3 is 5.97 Å². The van der Waals surface area contributed by atoms with Gasteiger partial charge in [-0.15, -0.1) is 0 Å². The van der Waals surface area contributed by atoms with Crippen LogP contribution in [0.4, 0.5) is 0 Å². The van der Waals surface area contributed by atoms with E-state index in [2.05, 4.69) is 13.0 Å². The van der Waals surface area contributed by atoms with Crippen molar-refractivity contribution in [1.29, 1.82) is 0 Å². The lowest BCUT2D eigenvalue weighted by Crippen LogP contribution is -2.29. The first-order valence-electron chi connectivity index (χ1n) is 10.8. The molecule has 1 aromatic carbocycles. The number of carbonyl (C=O) groups is 1. The number of ether oxygens (including phenoxy) is 2. The van der Waals surface area contributed by atoms with Crippen molar-refractivity contribution in [3.05, 3.63) is 29.3 Å². The van der Waals surface area contributed by atoms with Gasteiger partial charge in [-0.25, -0.2) is 4.79 Å². The minimum absolute atomic E-state index is 0.00531. The number of hydrogen-bond acceptors (Lipinski definition) is 4. The van der Waals surface area contributed by atoms with Crippen LogP contribution in [0, 0.1) is 17.8 Å². The molecule has 1 fully saturated rings. The number of aliphatic hydroxyl groups is 1. The van der Waals surface area contributed by atoms with Crippen LogP contribution >= 0.6 is 0 Å². The van der Waals surface area contributed by atoms with Gasteiger partial charge in [0.1, 0.15) is 11.9 Å². The number of aliphatic hydroxyl groups excluding tert-OH is 1. The summed E-state index contributed by atoms with van der Waals surface area (Å²) in [6.45, 7) is 2.18. The summed E-state index contributed by atoms with van der Waals surface area (Å²) in [7, 11) is 0. The zero-order chi connectivity index (χ0) is 18.8. The highest BCUT2D eigenvalue weighted by molar-refractivity contribution is 5.71. The highest BCUT2D eigenvalue weighted by atomic mass is 16.6. The van der Waals surface area contributed by atoms with Gasteiger partial charge < -0.3 is 14.6 Å². The van der Waals surface area contributed by atoms with Crippen molar-refractivity contribution in [2.75, 3.05) is 6.61 Å². The molecule has 1 heterocycles. The molecule has 0 aromatic heterocycles. The van der Waals surface area contributed by atoms with Crippen LogP contribution in [-0.2, 0) is 22.4 Å². The molecule has 1 aliphatic heterocycles. The summed E-state index contributed by atoms with van der Waals surface area (Å²) in [5.74, 6) is 2.06. The summed E-state index contributed by atoms with van der Waals surface area (Å²) >= 11 is 0. The van der Waals surface area contributed by atoms with Crippen molar-refractivity contribution < 1.29 is 19.4 Å². The van der Waals surface area contributed by atoms with Gasteiger partial charge in [0.25, 0.3) is 0 Å². The van der Waals surface area contributed by atoms with Gasteiger partial charge in [-0.1, -0.05) is 38.3 Å². The minimum Gasteiger partial charge on any atom is -0.482 e. The first-order chi connectivity index (χ1) is 13.2. The van der Waals surface area contributed by atoms with Crippen LogP contribution in [0.1, 0.15) is 63.0 Å². The van der Waals surface area contributed by atoms with Crippen LogP contribution in [0.15, 0.2) is 18.2 Å². The molecule has 0 amide bonds. The predicted molar refractivity (Wildman–Crippen MR) is 104 cm³/mol. The van der Waals surface area contributed by atoms with E-state index in [9.17, 15) is 9.90 Å². The smallest absolute Gasteiger partial charge is 0.344 e. The predicted octanol–water partition coefficient (Wildman–Crippen LogP) is 4.06. The average molecular weight is 373 g/mol. The van der Waals surface area contributed by atoms with Crippen LogP contribution in [0.3, 0.4) is 0 Å². The molecule has 3 aliphatic rings. The van der Waals surface area contributed by atoms with Crippen molar-refractivity contribution >= 4 is 5.97 Å². The van der Waals surface area contributed by atoms with E-state index in [1.54, 1.807) is 0 Å². The zero-order valence-electron chi connectivity index (χ0n) is 16.4. The molecule has 0 spiro atoms. The first kappa shape index (κ1) is 18.8. The van der Waals surface area contributed by atoms with E-state index < -0.39 is 0 Å². The lowest BCUT2D eigenvalue weighted by molar-refractivity contribution is -0.153. The van der Waals surface area contributed by atoms with E-state index in [1.165, 1.54) is 24.0 Å². The van der Waals surface area contributed by atoms with Gasteiger partial charge in [-0.05, 0) is 73.5 Å². The minimum atomic E-state index is -0.256. The normalized spacial score (nSPS) is 29.9. The van der Waals surface area contributed by atoms with Gasteiger partial charge in [0.2, 0.25) is 0 Å². The van der Waals surface area contributed by atoms with Gasteiger partial charge in [-0.3, -0.25) is 0 Å². The Balaban J connectivity index is 1.50. The van der Waals surface area contributed by atoms with Crippen LogP contribution in [0.5, 0.6) is 5.75 Å². The molecule has 4 rings (SSSR count). The van der Waals surface area contributed by atoms with Gasteiger partial charge in [0.05, 0.1) is 6.10 Å². The van der Waals surface area contributed by atoms with Crippen molar-refractivity contribution in [2.24, 2.45) is 17.8 Å². The first-order valence-corrected chi connectivity index (χ1v) is 10.8. The molecule has 0 radical (unpaired) electrons. The van der Waals surface area contributed by atoms with Crippen LogP contribution < -0.4 is 4.74 Å². The number of hydrogen-bond donors (Lipinski definition) is 1. The van der Waals surface area contributed by atoms with Crippen molar-refractivity contribution in [2.45, 2.75) is 76.9 Å². The summed E-state index contributed by atoms with van der Waals surface area (Å²) < 4.78 is 11.6. The maximum atomic E-state index is 12.3. The molecule has 148 valence electrons. The lowest BCUT2D eigenvalue weighted by Gasteiger charge is -2.32. The number of carbonyl (C=O) groups excluding carboxylic acids is 1. The number of esters is 1. The molecule has 1 aromatic rings. The second-order valence-corrected chi connectivity index (χ2v) is 8.67. The van der Waals surface area contributed by atoms with E-state index in [-0.39, 0.29) is 24.8 Å². The number of unbranched alkanes of at least 4 members (excludes halogenated alkanes) is 2. The molecule has 4 nitrogen and oxygen atoms in total. The summed E-state index contributed by atoms with van der Waals surface area (Å²) in [6, 6.07) is 6.23. The van der Waals surface area contributed by atoms with Crippen molar-refractivity contribution in [3.63, 3.8) is 0 Å². The van der Waals surface area contributed by atoms with E-state index in [0.29, 0.717) is 17.8 Å². The van der Waals surface area contributed by atoms with E-state index in [0.717, 1.165) is 50.7 Å². The molecule has 27 heavy (non-hydrogen) atoms. The Morgan fingerprint density at radius 1 is 1.22 bits per heavy atom. The average Bonchev–Trinajstić information content (AvgIpc) is 2.98. The summed E-state index contributed by atoms with van der Waals surface area (Å²) in [4.78, 5) is 12.3. The monoisotopic (exact) mass is 372 g/mol. The third kappa shape index (κ3) is 4.01. The number of rotatable bonds is 7. The molecule has 1 saturated carbocycles. The Labute approximate surface area is 162 Å². The Bertz CT molecular complexity index is 670. The third-order valence-corrected chi connectivity index (χ3v) is 6.92. The van der Waals surface area contributed by atoms with Crippen LogP contribution in [-0.4, -0.2) is 29.9 Å². The van der Waals surface area contributed by atoms with E-state index in [4.69, 9.17) is 9.47 Å². The van der Waals surface area contributed by atoms with Gasteiger partial charge in [0.15, 0.2) is 6.61 Å². The fourth-order valence-electron chi connectivity index (χ4n) is 5.55. The molecule has 3 bridgehead atoms. The number of fused-ring (bicyclic) bond motifs is 1. The molecule has 1 unspecified atom stereocenters. The van der Waals surface area contributed by atoms with E-state index >= 15 is 0 Å². The largest absolute Gasteiger partial charge is 0.482 e. The maximum Gasteiger partial charge on any atom is 0.344 e. The van der Waals surface area contributed by atoms with Gasteiger partial charge in [-0.2, -0.15) is 0 Å². The Morgan fingerprint density at radius 3 is 2.96 bits per heavy atom. The molecular formula is C23H32O4. The topological polar surface area (TPSA) is 55.8 Å². The third-order valence-electron chi connectivity index (χ3n) is 6.92. The summed E-state index contributed by atoms with van der Waals surface area (Å²) in [5.41, 5.74) is 2.67. The molecule has 4 heteroatoms. The quantitative estimate of drug-likeness (QED) is 0.579. The molecule has 5 atom stereocenters. The summed E-state index contributed by atoms with van der Waals surface area (Å²) in [5, 5.41) is 10.4. The van der Waals surface area contributed by atoms with Crippen LogP contribution in [0.25, 0.3) is 0 Å². The van der Waals surface area contributed by atoms with Gasteiger partial charge in [0, 0.05) is 0 Å². The molecular weight excluding hydrogens is 340 g/mol. The Morgan fingerprint density at radius 2 is 2.11 bits per heavy atom. The fourth-order valence-corrected chi connectivity index (χ4v) is 5.55. The second-order valence-electron chi connectivity index (χ2n) is 8.67. The second kappa shape index (κ2) is 8.22. The number of benzene rings is 1. The molecule has 2 aliphatic carbocycles. The summed E-state index contributed by atoms with van der Waals surface area (Å²) in [6.07, 6.45) is 8.90.